The number of rotatable bonds is 8. The van der Waals surface area contributed by atoms with E-state index >= 15 is 0 Å². The highest BCUT2D eigenvalue weighted by Crippen LogP contribution is 2.57. The van der Waals surface area contributed by atoms with Gasteiger partial charge in [-0.1, -0.05) is 224 Å². The number of hydrogen-bond donors (Lipinski definition) is 0. The predicted octanol–water partition coefficient (Wildman–Crippen LogP) is 18.7. The number of fused-ring (bicyclic) bond motifs is 8. The van der Waals surface area contributed by atoms with Gasteiger partial charge in [-0.2, -0.15) is 0 Å². The monoisotopic (exact) mass is 903 g/mol. The molecule has 1 heterocycles. The van der Waals surface area contributed by atoms with Gasteiger partial charge >= 0.3 is 0 Å². The van der Waals surface area contributed by atoms with E-state index in [0.29, 0.717) is 0 Å². The fourth-order valence-electron chi connectivity index (χ4n) is 11.7. The minimum Gasteiger partial charge on any atom is -0.455 e. The van der Waals surface area contributed by atoms with Crippen LogP contribution in [-0.4, -0.2) is 0 Å². The summed E-state index contributed by atoms with van der Waals surface area (Å²) in [6, 6.07) is 99.9. The average Bonchev–Trinajstić information content (AvgIpc) is 3.96. The first-order valence-corrected chi connectivity index (χ1v) is 24.5. The third-order valence-electron chi connectivity index (χ3n) is 14.9. The highest BCUT2D eigenvalue weighted by atomic mass is 16.3. The highest BCUT2D eigenvalue weighted by molar-refractivity contribution is 6.14. The van der Waals surface area contributed by atoms with Crippen molar-refractivity contribution in [3.05, 3.63) is 295 Å². The minimum absolute atomic E-state index is 0.558. The van der Waals surface area contributed by atoms with E-state index in [2.05, 4.69) is 278 Å². The Hall–Kier alpha value is -9.24. The van der Waals surface area contributed by atoms with Crippen molar-refractivity contribution in [1.29, 1.82) is 0 Å². The molecule has 0 unspecified atom stereocenters. The summed E-state index contributed by atoms with van der Waals surface area (Å²) >= 11 is 0. The van der Waals surface area contributed by atoms with Crippen LogP contribution in [0.2, 0.25) is 0 Å². The van der Waals surface area contributed by atoms with E-state index in [9.17, 15) is 0 Å². The fraction of sp³-hybridized carbons (Fsp3) is 0.0145. The van der Waals surface area contributed by atoms with Crippen LogP contribution in [0.3, 0.4) is 0 Å². The number of para-hydroxylation sites is 2. The Balaban J connectivity index is 0.977. The lowest BCUT2D eigenvalue weighted by molar-refractivity contribution is 0.670. The molecule has 2 nitrogen and oxygen atoms in total. The summed E-state index contributed by atoms with van der Waals surface area (Å²) < 4.78 is 6.93. The number of furan rings is 1. The minimum atomic E-state index is -0.558. The van der Waals surface area contributed by atoms with Crippen molar-refractivity contribution < 1.29 is 4.42 Å². The first kappa shape index (κ1) is 40.8. The van der Waals surface area contributed by atoms with E-state index in [1.54, 1.807) is 0 Å². The van der Waals surface area contributed by atoms with Gasteiger partial charge in [-0.15, -0.1) is 0 Å². The molecule has 2 heteroatoms. The number of hydrogen-bond acceptors (Lipinski definition) is 2. The van der Waals surface area contributed by atoms with Crippen molar-refractivity contribution >= 4 is 60.5 Å². The summed E-state index contributed by atoms with van der Waals surface area (Å²) in [5.41, 5.74) is 18.8. The second-order valence-corrected chi connectivity index (χ2v) is 18.7. The van der Waals surface area contributed by atoms with Gasteiger partial charge in [-0.3, -0.25) is 0 Å². The summed E-state index contributed by atoms with van der Waals surface area (Å²) in [7, 11) is 0. The predicted molar refractivity (Wildman–Crippen MR) is 297 cm³/mol. The first-order valence-electron chi connectivity index (χ1n) is 24.5. The second kappa shape index (κ2) is 16.5. The molecule has 1 aromatic heterocycles. The molecule has 0 saturated carbocycles. The van der Waals surface area contributed by atoms with E-state index in [0.717, 1.165) is 61.1 Å². The van der Waals surface area contributed by atoms with Gasteiger partial charge in [-0.05, 0) is 126 Å². The highest BCUT2D eigenvalue weighted by Gasteiger charge is 2.46. The summed E-state index contributed by atoms with van der Waals surface area (Å²) in [5, 5.41) is 7.08. The van der Waals surface area contributed by atoms with Crippen LogP contribution in [-0.2, 0) is 5.41 Å². The van der Waals surface area contributed by atoms with Crippen molar-refractivity contribution in [2.75, 3.05) is 4.90 Å². The molecule has 0 amide bonds. The van der Waals surface area contributed by atoms with E-state index < -0.39 is 5.41 Å². The quantitative estimate of drug-likeness (QED) is 0.151. The third-order valence-corrected chi connectivity index (χ3v) is 14.9. The summed E-state index contributed by atoms with van der Waals surface area (Å²) in [4.78, 5) is 2.45. The lowest BCUT2D eigenvalue weighted by atomic mass is 9.67. The largest absolute Gasteiger partial charge is 0.455 e. The molecule has 71 heavy (non-hydrogen) atoms. The van der Waals surface area contributed by atoms with Crippen LogP contribution in [0.15, 0.2) is 277 Å². The molecule has 0 N–H and O–H groups in total. The maximum Gasteiger partial charge on any atom is 0.143 e. The maximum absolute atomic E-state index is 6.93. The number of benzene rings is 12. The lowest BCUT2D eigenvalue weighted by Gasteiger charge is -2.35. The van der Waals surface area contributed by atoms with Gasteiger partial charge in [-0.25, -0.2) is 0 Å². The Bertz CT molecular complexity index is 4120. The standard InChI is InChI=1S/C69H45NO/c1-3-24-52(25-4-1)69(53-26-5-2-6-27-53)64-34-13-11-29-58(64)59-41-40-55(45-65(59)69)70(54-38-36-46(37-39-54)48-22-15-23-51(42-48)57-31-16-21-47-18-9-10-28-56(47)57)66-35-14-12-30-60(66)61-32-17-33-62-63-43-49-19-7-8-20-50(49)44-67(63)71-68(61)62/h1-45H. The molecule has 0 radical (unpaired) electrons. The Morgan fingerprint density at radius 2 is 0.859 bits per heavy atom. The molecule has 0 atom stereocenters. The van der Waals surface area contributed by atoms with E-state index in [4.69, 9.17) is 4.42 Å². The normalized spacial score (nSPS) is 12.6. The van der Waals surface area contributed by atoms with Crippen molar-refractivity contribution in [3.8, 4) is 44.5 Å². The van der Waals surface area contributed by atoms with Crippen molar-refractivity contribution in [1.82, 2.24) is 0 Å². The van der Waals surface area contributed by atoms with Crippen LogP contribution >= 0.6 is 0 Å². The topological polar surface area (TPSA) is 16.4 Å². The van der Waals surface area contributed by atoms with Crippen LogP contribution in [0, 0.1) is 0 Å². The third kappa shape index (κ3) is 6.49. The van der Waals surface area contributed by atoms with Crippen LogP contribution in [0.5, 0.6) is 0 Å². The molecule has 332 valence electrons. The van der Waals surface area contributed by atoms with Gasteiger partial charge in [0.25, 0.3) is 0 Å². The zero-order valence-corrected chi connectivity index (χ0v) is 38.8. The summed E-state index contributed by atoms with van der Waals surface area (Å²) in [6.07, 6.45) is 0. The van der Waals surface area contributed by atoms with Gasteiger partial charge in [0.1, 0.15) is 11.2 Å². The van der Waals surface area contributed by atoms with Gasteiger partial charge in [0.15, 0.2) is 0 Å². The molecule has 0 fully saturated rings. The van der Waals surface area contributed by atoms with Crippen LogP contribution in [0.4, 0.5) is 17.1 Å². The van der Waals surface area contributed by atoms with Crippen molar-refractivity contribution in [2.45, 2.75) is 5.41 Å². The fourth-order valence-corrected chi connectivity index (χ4v) is 11.7. The molecule has 0 saturated heterocycles. The van der Waals surface area contributed by atoms with Crippen LogP contribution < -0.4 is 4.90 Å². The van der Waals surface area contributed by atoms with Gasteiger partial charge in [0.2, 0.25) is 0 Å². The lowest BCUT2D eigenvalue weighted by Crippen LogP contribution is -2.28. The van der Waals surface area contributed by atoms with Crippen molar-refractivity contribution in [3.63, 3.8) is 0 Å². The average molecular weight is 904 g/mol. The smallest absolute Gasteiger partial charge is 0.143 e. The van der Waals surface area contributed by atoms with Crippen LogP contribution in [0.25, 0.3) is 88.0 Å². The molecule has 14 rings (SSSR count). The molecule has 0 aliphatic heterocycles. The van der Waals surface area contributed by atoms with E-state index in [1.165, 1.54) is 66.2 Å². The first-order chi connectivity index (χ1) is 35.2. The molecule has 1 aliphatic rings. The zero-order chi connectivity index (χ0) is 46.9. The molecule has 0 spiro atoms. The summed E-state index contributed by atoms with van der Waals surface area (Å²) in [6.45, 7) is 0. The molecular formula is C69H45NO. The number of anilines is 3. The molecule has 13 aromatic rings. The molecule has 12 aromatic carbocycles. The Morgan fingerprint density at radius 1 is 0.296 bits per heavy atom. The molecule has 1 aliphatic carbocycles. The SMILES string of the molecule is c1ccc(C2(c3ccccc3)c3ccccc3-c3ccc(N(c4ccc(-c5cccc(-c6cccc7ccccc67)c5)cc4)c4ccccc4-c4cccc5c4oc4cc6ccccc6cc45)cc32)cc1. The maximum atomic E-state index is 6.93. The molecular weight excluding hydrogens is 859 g/mol. The Labute approximate surface area is 413 Å². The van der Waals surface area contributed by atoms with Crippen LogP contribution in [0.1, 0.15) is 22.3 Å². The summed E-state index contributed by atoms with van der Waals surface area (Å²) in [5.74, 6) is 0. The second-order valence-electron chi connectivity index (χ2n) is 18.7. The molecule has 0 bridgehead atoms. The van der Waals surface area contributed by atoms with E-state index in [1.807, 2.05) is 0 Å². The Morgan fingerprint density at radius 3 is 1.66 bits per heavy atom. The van der Waals surface area contributed by atoms with Gasteiger partial charge < -0.3 is 9.32 Å². The van der Waals surface area contributed by atoms with Crippen molar-refractivity contribution in [2.24, 2.45) is 0 Å². The number of nitrogens with zero attached hydrogens (tertiary/aromatic N) is 1. The zero-order valence-electron chi connectivity index (χ0n) is 38.8. The van der Waals surface area contributed by atoms with Gasteiger partial charge in [0.05, 0.1) is 11.1 Å². The Kier molecular flexibility index (Phi) is 9.47. The van der Waals surface area contributed by atoms with Gasteiger partial charge in [0, 0.05) is 33.3 Å². The van der Waals surface area contributed by atoms with E-state index in [-0.39, 0.29) is 0 Å².